The van der Waals surface area contributed by atoms with Gasteiger partial charge in [-0.1, -0.05) is 0 Å². The summed E-state index contributed by atoms with van der Waals surface area (Å²) in [5, 5.41) is 3.37. The normalized spacial score (nSPS) is 15.6. The Labute approximate surface area is 202 Å². The fourth-order valence-electron chi connectivity index (χ4n) is 3.72. The number of aryl methyl sites for hydroxylation is 1. The number of aliphatic imine (C=N–C) groups is 1. The largest absolute Gasteiger partial charge is 0.494 e. The zero-order valence-electron chi connectivity index (χ0n) is 19.4. The van der Waals surface area contributed by atoms with Gasteiger partial charge in [-0.3, -0.25) is 4.79 Å². The van der Waals surface area contributed by atoms with Gasteiger partial charge >= 0.3 is 5.97 Å². The van der Waals surface area contributed by atoms with E-state index in [1.807, 2.05) is 69.3 Å². The molecule has 34 heavy (non-hydrogen) atoms. The topological polar surface area (TPSA) is 81.9 Å². The van der Waals surface area contributed by atoms with E-state index >= 15 is 0 Å². The number of carbonyl (C=O) groups excluding carboxylic acids is 2. The van der Waals surface area contributed by atoms with Crippen LogP contribution >= 0.6 is 11.8 Å². The molecule has 1 amide bonds. The number of benzene rings is 2. The molecule has 2 aromatic carbocycles. The minimum Gasteiger partial charge on any atom is -0.494 e. The summed E-state index contributed by atoms with van der Waals surface area (Å²) < 4.78 is 12.3. The lowest BCUT2D eigenvalue weighted by Gasteiger charge is -2.10. The van der Waals surface area contributed by atoms with Gasteiger partial charge in [-0.15, -0.1) is 0 Å². The van der Waals surface area contributed by atoms with Gasteiger partial charge in [-0.05, 0) is 98.8 Å². The van der Waals surface area contributed by atoms with Crippen molar-refractivity contribution < 1.29 is 19.1 Å². The van der Waals surface area contributed by atoms with Gasteiger partial charge < -0.3 is 19.4 Å². The Kier molecular flexibility index (Phi) is 6.88. The Morgan fingerprint density at radius 3 is 2.47 bits per heavy atom. The minimum absolute atomic E-state index is 0.179. The summed E-state index contributed by atoms with van der Waals surface area (Å²) in [6.07, 6.45) is 1.88. The van der Waals surface area contributed by atoms with Crippen molar-refractivity contribution in [3.05, 3.63) is 82.0 Å². The van der Waals surface area contributed by atoms with Gasteiger partial charge in [0.2, 0.25) is 0 Å². The molecule has 0 spiro atoms. The van der Waals surface area contributed by atoms with Crippen LogP contribution in [0, 0.1) is 13.8 Å². The third kappa shape index (κ3) is 4.92. The van der Waals surface area contributed by atoms with E-state index in [0.29, 0.717) is 22.2 Å². The van der Waals surface area contributed by atoms with Crippen LogP contribution in [-0.4, -0.2) is 35.3 Å². The highest BCUT2D eigenvalue weighted by Gasteiger charge is 2.24. The van der Waals surface area contributed by atoms with E-state index in [2.05, 4.69) is 14.9 Å². The first-order valence-electron chi connectivity index (χ1n) is 10.8. The molecule has 2 heterocycles. The number of hydrogen-bond donors (Lipinski definition) is 1. The lowest BCUT2D eigenvalue weighted by atomic mass is 10.2. The molecule has 0 radical (unpaired) electrons. The smallest absolute Gasteiger partial charge is 0.337 e. The monoisotopic (exact) mass is 475 g/mol. The maximum absolute atomic E-state index is 12.6. The van der Waals surface area contributed by atoms with Crippen molar-refractivity contribution in [1.82, 2.24) is 9.88 Å². The summed E-state index contributed by atoms with van der Waals surface area (Å²) >= 11 is 1.31. The first-order valence-corrected chi connectivity index (χ1v) is 11.6. The van der Waals surface area contributed by atoms with Gasteiger partial charge in [0, 0.05) is 17.1 Å². The van der Waals surface area contributed by atoms with Gasteiger partial charge in [0.15, 0.2) is 5.17 Å². The molecule has 1 aromatic heterocycles. The third-order valence-corrected chi connectivity index (χ3v) is 6.24. The molecule has 0 unspecified atom stereocenters. The fourth-order valence-corrected chi connectivity index (χ4v) is 4.55. The fraction of sp³-hybridized carbons (Fsp3) is 0.192. The average molecular weight is 476 g/mol. The number of methoxy groups -OCH3 is 1. The number of thioether (sulfide) groups is 1. The minimum atomic E-state index is -0.370. The summed E-state index contributed by atoms with van der Waals surface area (Å²) in [7, 11) is 1.36. The lowest BCUT2D eigenvalue weighted by molar-refractivity contribution is -0.115. The number of esters is 1. The average Bonchev–Trinajstić information content (AvgIpc) is 3.32. The summed E-state index contributed by atoms with van der Waals surface area (Å²) in [6, 6.07) is 16.7. The van der Waals surface area contributed by atoms with Crippen molar-refractivity contribution in [3.63, 3.8) is 0 Å². The summed E-state index contributed by atoms with van der Waals surface area (Å²) in [4.78, 5) is 29.4. The molecular weight excluding hydrogens is 450 g/mol. The highest BCUT2D eigenvalue weighted by molar-refractivity contribution is 8.18. The molecule has 8 heteroatoms. The molecule has 3 aromatic rings. The van der Waals surface area contributed by atoms with Crippen LogP contribution in [0.3, 0.4) is 0 Å². The zero-order valence-corrected chi connectivity index (χ0v) is 20.2. The van der Waals surface area contributed by atoms with E-state index in [0.717, 1.165) is 34.1 Å². The molecule has 1 aliphatic heterocycles. The van der Waals surface area contributed by atoms with Crippen LogP contribution in [0.25, 0.3) is 11.8 Å². The number of hydrogen-bond acceptors (Lipinski definition) is 6. The van der Waals surface area contributed by atoms with Crippen LogP contribution in [0.15, 0.2) is 64.5 Å². The first-order chi connectivity index (χ1) is 16.4. The van der Waals surface area contributed by atoms with Crippen LogP contribution < -0.4 is 10.1 Å². The molecule has 1 N–H and O–H groups in total. The Morgan fingerprint density at radius 1 is 1.12 bits per heavy atom. The number of rotatable bonds is 6. The maximum Gasteiger partial charge on any atom is 0.337 e. The molecule has 0 bridgehead atoms. The molecule has 7 nitrogen and oxygen atoms in total. The van der Waals surface area contributed by atoms with E-state index in [9.17, 15) is 9.59 Å². The quantitative estimate of drug-likeness (QED) is 0.393. The number of ether oxygens (including phenoxy) is 2. The summed E-state index contributed by atoms with van der Waals surface area (Å²) in [6.45, 7) is 6.54. The SMILES string of the molecule is CCOc1ccc(N=C2NC(=O)/C(=C\c3cc(C)n(-c4ccc(C(=O)OC)cc4)c3C)S2)cc1. The highest BCUT2D eigenvalue weighted by Crippen LogP contribution is 2.31. The molecule has 4 rings (SSSR count). The van der Waals surface area contributed by atoms with Crippen molar-refractivity contribution in [2.75, 3.05) is 13.7 Å². The number of nitrogens with one attached hydrogen (secondary N) is 1. The van der Waals surface area contributed by atoms with Gasteiger partial charge in [0.1, 0.15) is 5.75 Å². The summed E-state index contributed by atoms with van der Waals surface area (Å²) in [5.74, 6) is 0.234. The van der Waals surface area contributed by atoms with E-state index in [1.165, 1.54) is 18.9 Å². The Hall–Kier alpha value is -3.78. The van der Waals surface area contributed by atoms with Crippen molar-refractivity contribution in [1.29, 1.82) is 0 Å². The van der Waals surface area contributed by atoms with Gasteiger partial charge in [0.05, 0.1) is 29.9 Å². The van der Waals surface area contributed by atoms with Crippen LogP contribution in [-0.2, 0) is 9.53 Å². The number of carbonyl (C=O) groups is 2. The molecule has 0 atom stereocenters. The lowest BCUT2D eigenvalue weighted by Crippen LogP contribution is -2.19. The first kappa shape index (κ1) is 23.4. The van der Waals surface area contributed by atoms with E-state index < -0.39 is 0 Å². The third-order valence-electron chi connectivity index (χ3n) is 5.33. The van der Waals surface area contributed by atoms with E-state index in [4.69, 9.17) is 9.47 Å². The second kappa shape index (κ2) is 10.0. The molecule has 1 fully saturated rings. The molecule has 174 valence electrons. The number of nitrogens with zero attached hydrogens (tertiary/aromatic N) is 2. The Bertz CT molecular complexity index is 1290. The number of amidine groups is 1. The molecule has 0 saturated carbocycles. The second-order valence-corrected chi connectivity index (χ2v) is 8.64. The molecular formula is C26H25N3O4S. The zero-order chi connectivity index (χ0) is 24.2. The molecule has 1 saturated heterocycles. The van der Waals surface area contributed by atoms with Crippen molar-refractivity contribution in [3.8, 4) is 11.4 Å². The van der Waals surface area contributed by atoms with Gasteiger partial charge in [-0.2, -0.15) is 0 Å². The standard InChI is InChI=1S/C26H25N3O4S/c1-5-33-22-12-8-20(9-13-22)27-26-28-24(30)23(34-26)15-19-14-16(2)29(17(19)3)21-10-6-18(7-11-21)25(31)32-4/h6-15H,5H2,1-4H3,(H,27,28,30)/b23-15+. The van der Waals surface area contributed by atoms with Crippen molar-refractivity contribution in [2.24, 2.45) is 4.99 Å². The van der Waals surface area contributed by atoms with Gasteiger partial charge in [-0.25, -0.2) is 9.79 Å². The van der Waals surface area contributed by atoms with Crippen molar-refractivity contribution in [2.45, 2.75) is 20.8 Å². The van der Waals surface area contributed by atoms with Crippen LogP contribution in [0.4, 0.5) is 5.69 Å². The Balaban J connectivity index is 1.56. The van der Waals surface area contributed by atoms with E-state index in [1.54, 1.807) is 12.1 Å². The predicted octanol–water partition coefficient (Wildman–Crippen LogP) is 5.17. The maximum atomic E-state index is 12.6. The van der Waals surface area contributed by atoms with E-state index in [-0.39, 0.29) is 11.9 Å². The molecule has 1 aliphatic rings. The van der Waals surface area contributed by atoms with Gasteiger partial charge in [0.25, 0.3) is 5.91 Å². The predicted molar refractivity (Wildman–Crippen MR) is 135 cm³/mol. The summed E-state index contributed by atoms with van der Waals surface area (Å²) in [5.41, 5.74) is 5.10. The molecule has 0 aliphatic carbocycles. The highest BCUT2D eigenvalue weighted by atomic mass is 32.2. The number of aromatic nitrogens is 1. The van der Waals surface area contributed by atoms with Crippen LogP contribution in [0.2, 0.25) is 0 Å². The number of amides is 1. The van der Waals surface area contributed by atoms with Crippen molar-refractivity contribution >= 4 is 40.6 Å². The van der Waals surface area contributed by atoms with Crippen LogP contribution in [0.1, 0.15) is 34.2 Å². The second-order valence-electron chi connectivity index (χ2n) is 7.61. The van der Waals surface area contributed by atoms with Crippen LogP contribution in [0.5, 0.6) is 5.75 Å². The Morgan fingerprint density at radius 2 is 1.82 bits per heavy atom.